The van der Waals surface area contributed by atoms with E-state index >= 15 is 0 Å². The maximum Gasteiger partial charge on any atom is -0.000687 e. The lowest BCUT2D eigenvalue weighted by atomic mass is 9.85. The molecule has 0 atom stereocenters. The third kappa shape index (κ3) is 4.43. The van der Waals surface area contributed by atoms with E-state index in [-0.39, 0.29) is 0 Å². The van der Waals surface area contributed by atoms with Crippen LogP contribution in [-0.2, 0) is 0 Å². The van der Waals surface area contributed by atoms with Gasteiger partial charge in [-0.15, -0.1) is 0 Å². The van der Waals surface area contributed by atoms with E-state index in [9.17, 15) is 0 Å². The minimum absolute atomic E-state index is 1.00. The van der Waals surface area contributed by atoms with Gasteiger partial charge in [0.15, 0.2) is 0 Å². The normalized spacial score (nSPS) is 17.4. The fraction of sp³-hybridized carbons (Fsp3) is 1.00. The highest BCUT2D eigenvalue weighted by Gasteiger charge is 2.15. The van der Waals surface area contributed by atoms with Crippen molar-refractivity contribution >= 4 is 0 Å². The highest BCUT2D eigenvalue weighted by Crippen LogP contribution is 2.24. The molecule has 0 heterocycles. The molecule has 1 fully saturated rings. The number of hydrogen-bond acceptors (Lipinski definition) is 2. The zero-order valence-electron chi connectivity index (χ0n) is 9.89. The molecule has 0 bridgehead atoms. The maximum atomic E-state index is 3.56. The smallest absolute Gasteiger partial charge is 0.000687 e. The van der Waals surface area contributed by atoms with Crippen molar-refractivity contribution in [1.29, 1.82) is 0 Å². The van der Waals surface area contributed by atoms with Crippen LogP contribution >= 0.6 is 0 Å². The minimum Gasteiger partial charge on any atom is -0.316 e. The Bertz CT molecular complexity index is 128. The molecule has 0 spiro atoms. The van der Waals surface area contributed by atoms with Crippen molar-refractivity contribution in [2.24, 2.45) is 5.92 Å². The average Bonchev–Trinajstić information content (AvgIpc) is 2.14. The second kappa shape index (κ2) is 7.24. The van der Waals surface area contributed by atoms with E-state index in [0.717, 1.165) is 5.92 Å². The second-order valence-corrected chi connectivity index (χ2v) is 4.38. The van der Waals surface area contributed by atoms with Gasteiger partial charge in [0, 0.05) is 0 Å². The summed E-state index contributed by atoms with van der Waals surface area (Å²) in [5.41, 5.74) is 0. The molecule has 1 aliphatic rings. The Morgan fingerprint density at radius 2 is 1.93 bits per heavy atom. The van der Waals surface area contributed by atoms with Crippen LogP contribution in [0.3, 0.4) is 0 Å². The summed E-state index contributed by atoms with van der Waals surface area (Å²) in [7, 11) is 0. The zero-order valence-corrected chi connectivity index (χ0v) is 9.89. The fourth-order valence-corrected chi connectivity index (χ4v) is 1.97. The van der Waals surface area contributed by atoms with Gasteiger partial charge in [-0.3, -0.25) is 0 Å². The summed E-state index contributed by atoms with van der Waals surface area (Å²) in [5, 5.41) is 3.56. The van der Waals surface area contributed by atoms with Crippen LogP contribution in [0.1, 0.15) is 39.5 Å². The van der Waals surface area contributed by atoms with E-state index in [1.54, 1.807) is 0 Å². The van der Waals surface area contributed by atoms with Gasteiger partial charge in [-0.05, 0) is 57.9 Å². The van der Waals surface area contributed by atoms with Crippen LogP contribution in [0.15, 0.2) is 0 Å². The lowest BCUT2D eigenvalue weighted by Crippen LogP contribution is -2.31. The Kier molecular flexibility index (Phi) is 6.20. The summed E-state index contributed by atoms with van der Waals surface area (Å²) in [6.45, 7) is 10.6. The molecule has 1 N–H and O–H groups in total. The van der Waals surface area contributed by atoms with E-state index in [1.165, 1.54) is 58.4 Å². The van der Waals surface area contributed by atoms with Crippen LogP contribution < -0.4 is 5.32 Å². The van der Waals surface area contributed by atoms with Gasteiger partial charge in [0.1, 0.15) is 0 Å². The second-order valence-electron chi connectivity index (χ2n) is 4.38. The van der Waals surface area contributed by atoms with Gasteiger partial charge in [0.05, 0.1) is 0 Å². The first-order chi connectivity index (χ1) is 6.86. The van der Waals surface area contributed by atoms with Crippen molar-refractivity contribution in [1.82, 2.24) is 10.2 Å². The zero-order chi connectivity index (χ0) is 10.2. The van der Waals surface area contributed by atoms with Gasteiger partial charge in [-0.1, -0.05) is 20.3 Å². The molecular weight excluding hydrogens is 172 g/mol. The van der Waals surface area contributed by atoms with Crippen molar-refractivity contribution < 1.29 is 0 Å². The van der Waals surface area contributed by atoms with E-state index in [2.05, 4.69) is 24.1 Å². The van der Waals surface area contributed by atoms with Crippen LogP contribution in [0.2, 0.25) is 0 Å². The topological polar surface area (TPSA) is 15.3 Å². The molecule has 0 radical (unpaired) electrons. The molecule has 1 rings (SSSR count). The summed E-state index contributed by atoms with van der Waals surface area (Å²) in [5.74, 6) is 1.00. The molecule has 0 amide bonds. The Morgan fingerprint density at radius 3 is 2.43 bits per heavy atom. The lowest BCUT2D eigenvalue weighted by molar-refractivity contribution is 0.282. The van der Waals surface area contributed by atoms with Crippen molar-refractivity contribution in [3.05, 3.63) is 0 Å². The van der Waals surface area contributed by atoms with Gasteiger partial charge in [-0.2, -0.15) is 0 Å². The quantitative estimate of drug-likeness (QED) is 0.601. The molecule has 2 nitrogen and oxygen atoms in total. The molecule has 2 heteroatoms. The Morgan fingerprint density at radius 1 is 1.21 bits per heavy atom. The SMILES string of the molecule is CCN(CC)CCCNCC1CCC1. The standard InChI is InChI=1S/C12H26N2/c1-3-14(4-2)10-6-9-13-11-12-7-5-8-12/h12-13H,3-11H2,1-2H3. The molecule has 0 aromatic carbocycles. The van der Waals surface area contributed by atoms with Crippen LogP contribution in [0.25, 0.3) is 0 Å². The van der Waals surface area contributed by atoms with Crippen molar-refractivity contribution in [2.75, 3.05) is 32.7 Å². The first kappa shape index (κ1) is 12.0. The highest BCUT2D eigenvalue weighted by atomic mass is 15.1. The summed E-state index contributed by atoms with van der Waals surface area (Å²) < 4.78 is 0. The molecule has 0 aliphatic heterocycles. The van der Waals surface area contributed by atoms with E-state index in [0.29, 0.717) is 0 Å². The van der Waals surface area contributed by atoms with E-state index < -0.39 is 0 Å². The molecule has 0 saturated heterocycles. The Balaban J connectivity index is 1.83. The number of nitrogens with one attached hydrogen (secondary N) is 1. The lowest BCUT2D eigenvalue weighted by Gasteiger charge is -2.25. The van der Waals surface area contributed by atoms with Crippen LogP contribution in [0.4, 0.5) is 0 Å². The van der Waals surface area contributed by atoms with Gasteiger partial charge in [0.25, 0.3) is 0 Å². The summed E-state index contributed by atoms with van der Waals surface area (Å²) >= 11 is 0. The molecule has 84 valence electrons. The molecular formula is C12H26N2. The van der Waals surface area contributed by atoms with Crippen LogP contribution in [-0.4, -0.2) is 37.6 Å². The van der Waals surface area contributed by atoms with Crippen LogP contribution in [0, 0.1) is 5.92 Å². The predicted octanol–water partition coefficient (Wildman–Crippen LogP) is 2.11. The van der Waals surface area contributed by atoms with Crippen molar-refractivity contribution in [2.45, 2.75) is 39.5 Å². The number of nitrogens with zero attached hydrogens (tertiary/aromatic N) is 1. The average molecular weight is 198 g/mol. The molecule has 0 unspecified atom stereocenters. The summed E-state index contributed by atoms with van der Waals surface area (Å²) in [6.07, 6.45) is 5.69. The summed E-state index contributed by atoms with van der Waals surface area (Å²) in [6, 6.07) is 0. The highest BCUT2D eigenvalue weighted by molar-refractivity contribution is 4.71. The Hall–Kier alpha value is -0.0800. The van der Waals surface area contributed by atoms with E-state index in [1.807, 2.05) is 0 Å². The fourth-order valence-electron chi connectivity index (χ4n) is 1.97. The van der Waals surface area contributed by atoms with Crippen molar-refractivity contribution in [3.63, 3.8) is 0 Å². The maximum absolute atomic E-state index is 3.56. The third-order valence-electron chi connectivity index (χ3n) is 3.38. The van der Waals surface area contributed by atoms with Gasteiger partial charge >= 0.3 is 0 Å². The number of hydrogen-bond donors (Lipinski definition) is 1. The first-order valence-corrected chi connectivity index (χ1v) is 6.29. The molecule has 14 heavy (non-hydrogen) atoms. The van der Waals surface area contributed by atoms with Gasteiger partial charge in [-0.25, -0.2) is 0 Å². The third-order valence-corrected chi connectivity index (χ3v) is 3.38. The van der Waals surface area contributed by atoms with Crippen LogP contribution in [0.5, 0.6) is 0 Å². The summed E-state index contributed by atoms with van der Waals surface area (Å²) in [4.78, 5) is 2.49. The minimum atomic E-state index is 1.00. The Labute approximate surface area is 89.1 Å². The largest absolute Gasteiger partial charge is 0.316 e. The van der Waals surface area contributed by atoms with E-state index in [4.69, 9.17) is 0 Å². The molecule has 0 aromatic heterocycles. The van der Waals surface area contributed by atoms with Gasteiger partial charge in [0.2, 0.25) is 0 Å². The van der Waals surface area contributed by atoms with Crippen molar-refractivity contribution in [3.8, 4) is 0 Å². The molecule has 1 aliphatic carbocycles. The molecule has 1 saturated carbocycles. The monoisotopic (exact) mass is 198 g/mol. The first-order valence-electron chi connectivity index (χ1n) is 6.29. The van der Waals surface area contributed by atoms with Gasteiger partial charge < -0.3 is 10.2 Å². The molecule has 0 aromatic rings. The number of rotatable bonds is 8. The predicted molar refractivity (Wildman–Crippen MR) is 62.6 cm³/mol.